The summed E-state index contributed by atoms with van der Waals surface area (Å²) in [6, 6.07) is 0. The lowest BCUT2D eigenvalue weighted by atomic mass is 9.68. The fourth-order valence-corrected chi connectivity index (χ4v) is 5.20. The molecular formula is C23H40O. The van der Waals surface area contributed by atoms with Crippen molar-refractivity contribution in [3.05, 3.63) is 22.3 Å². The first kappa shape index (κ1) is 21.2. The summed E-state index contributed by atoms with van der Waals surface area (Å²) in [5.74, 6) is 0.315. The summed E-state index contributed by atoms with van der Waals surface area (Å²) in [5, 5.41) is 0. The summed E-state index contributed by atoms with van der Waals surface area (Å²) in [4.78, 5) is 13.5. The molecule has 0 aromatic heterocycles. The van der Waals surface area contributed by atoms with Crippen LogP contribution in [-0.4, -0.2) is 5.78 Å². The largest absolute Gasteiger partial charge is 0.289 e. The van der Waals surface area contributed by atoms with Gasteiger partial charge in [-0.05, 0) is 34.5 Å². The van der Waals surface area contributed by atoms with E-state index < -0.39 is 0 Å². The highest BCUT2D eigenvalue weighted by molar-refractivity contribution is 6.12. The summed E-state index contributed by atoms with van der Waals surface area (Å²) >= 11 is 0. The van der Waals surface area contributed by atoms with E-state index in [9.17, 15) is 4.79 Å². The van der Waals surface area contributed by atoms with Crippen LogP contribution in [0.25, 0.3) is 0 Å². The molecule has 0 aromatic carbocycles. The second-order valence-corrected chi connectivity index (χ2v) is 11.5. The summed E-state index contributed by atoms with van der Waals surface area (Å²) < 4.78 is 0. The summed E-state index contributed by atoms with van der Waals surface area (Å²) in [6.07, 6.45) is 1.79. The van der Waals surface area contributed by atoms with Crippen LogP contribution < -0.4 is 0 Å². The highest BCUT2D eigenvalue weighted by Crippen LogP contribution is 2.49. The Morgan fingerprint density at radius 1 is 0.542 bits per heavy atom. The minimum atomic E-state index is 0.0162. The summed E-state index contributed by atoms with van der Waals surface area (Å²) in [7, 11) is 0. The van der Waals surface area contributed by atoms with Gasteiger partial charge >= 0.3 is 0 Å². The van der Waals surface area contributed by atoms with E-state index in [2.05, 4.69) is 83.1 Å². The Balaban J connectivity index is 3.69. The molecule has 1 heteroatoms. The Morgan fingerprint density at radius 2 is 0.750 bits per heavy atom. The monoisotopic (exact) mass is 332 g/mol. The first-order chi connectivity index (χ1) is 10.4. The molecule has 0 spiro atoms. The van der Waals surface area contributed by atoms with Gasteiger partial charge in [-0.2, -0.15) is 0 Å². The first-order valence-electron chi connectivity index (χ1n) is 9.41. The lowest BCUT2D eigenvalue weighted by molar-refractivity contribution is -0.112. The number of Topliss-reactive ketones (excluding diaryl/α,β-unsaturated/α-hetero) is 1. The van der Waals surface area contributed by atoms with Crippen molar-refractivity contribution < 1.29 is 4.79 Å². The van der Waals surface area contributed by atoms with E-state index in [1.165, 1.54) is 11.1 Å². The molecule has 0 amide bonds. The molecule has 1 fully saturated rings. The Hall–Kier alpha value is -0.850. The lowest BCUT2D eigenvalue weighted by Gasteiger charge is -2.37. The zero-order chi connectivity index (χ0) is 19.3. The molecule has 0 N–H and O–H groups in total. The third-order valence-corrected chi connectivity index (χ3v) is 4.78. The molecule has 0 aromatic rings. The SMILES string of the molecule is CC(C)(C)C(=C1CCC(=C(C(C)(C)C)C(C)(C)C)C1=O)C(C)(C)C. The van der Waals surface area contributed by atoms with Gasteiger partial charge in [0.25, 0.3) is 0 Å². The highest BCUT2D eigenvalue weighted by atomic mass is 16.1. The second kappa shape index (κ2) is 6.15. The van der Waals surface area contributed by atoms with Crippen LogP contribution in [0.1, 0.15) is 95.9 Å². The van der Waals surface area contributed by atoms with Crippen LogP contribution in [0, 0.1) is 21.7 Å². The smallest absolute Gasteiger partial charge is 0.185 e. The predicted octanol–water partition coefficient (Wildman–Crippen LogP) is 7.13. The molecular weight excluding hydrogens is 292 g/mol. The molecule has 0 atom stereocenters. The molecule has 0 bridgehead atoms. The van der Waals surface area contributed by atoms with Crippen molar-refractivity contribution in [1.29, 1.82) is 0 Å². The number of hydrogen-bond donors (Lipinski definition) is 0. The van der Waals surface area contributed by atoms with E-state index in [-0.39, 0.29) is 21.7 Å². The van der Waals surface area contributed by atoms with Gasteiger partial charge in [-0.25, -0.2) is 0 Å². The van der Waals surface area contributed by atoms with Crippen molar-refractivity contribution in [2.24, 2.45) is 21.7 Å². The Labute approximate surface area is 151 Å². The average molecular weight is 333 g/mol. The molecule has 0 saturated heterocycles. The molecule has 1 saturated carbocycles. The maximum Gasteiger partial charge on any atom is 0.185 e. The molecule has 0 unspecified atom stereocenters. The summed E-state index contributed by atoms with van der Waals surface area (Å²) in [5.41, 5.74) is 4.89. The number of carbonyl (C=O) groups excluding carboxylic acids is 1. The number of rotatable bonds is 0. The van der Waals surface area contributed by atoms with Crippen molar-refractivity contribution in [2.75, 3.05) is 0 Å². The fourth-order valence-electron chi connectivity index (χ4n) is 5.20. The van der Waals surface area contributed by atoms with E-state index in [0.29, 0.717) is 5.78 Å². The quantitative estimate of drug-likeness (QED) is 0.431. The predicted molar refractivity (Wildman–Crippen MR) is 106 cm³/mol. The van der Waals surface area contributed by atoms with Crippen LogP contribution in [0.15, 0.2) is 22.3 Å². The van der Waals surface area contributed by atoms with Gasteiger partial charge in [0, 0.05) is 11.1 Å². The van der Waals surface area contributed by atoms with Crippen LogP contribution in [0.5, 0.6) is 0 Å². The maximum atomic E-state index is 13.5. The molecule has 1 aliphatic carbocycles. The average Bonchev–Trinajstić information content (AvgIpc) is 2.54. The van der Waals surface area contributed by atoms with Gasteiger partial charge in [0.1, 0.15) is 0 Å². The van der Waals surface area contributed by atoms with Gasteiger partial charge in [0.15, 0.2) is 5.78 Å². The first-order valence-corrected chi connectivity index (χ1v) is 9.41. The molecule has 1 aliphatic rings. The second-order valence-electron chi connectivity index (χ2n) is 11.5. The zero-order valence-electron chi connectivity index (χ0n) is 18.3. The van der Waals surface area contributed by atoms with Crippen LogP contribution in [0.2, 0.25) is 0 Å². The normalized spacial score (nSPS) is 17.6. The van der Waals surface area contributed by atoms with E-state index >= 15 is 0 Å². The number of ketones is 1. The number of allylic oxidation sites excluding steroid dienone is 4. The lowest BCUT2D eigenvalue weighted by Crippen LogP contribution is -2.27. The standard InChI is InChI=1S/C23H40O/c1-20(2,3)18(21(4,5)6)15-13-14-16(17(15)24)19(22(7,8)9)23(10,11)12/h13-14H2,1-12H3. The molecule has 1 rings (SSSR count). The van der Waals surface area contributed by atoms with Crippen LogP contribution in [0.4, 0.5) is 0 Å². The molecule has 138 valence electrons. The Morgan fingerprint density at radius 3 is 0.917 bits per heavy atom. The Kier molecular flexibility index (Phi) is 5.43. The fraction of sp³-hybridized carbons (Fsp3) is 0.783. The van der Waals surface area contributed by atoms with Gasteiger partial charge in [-0.15, -0.1) is 0 Å². The zero-order valence-corrected chi connectivity index (χ0v) is 18.3. The molecule has 1 nitrogen and oxygen atoms in total. The Bertz CT molecular complexity index is 485. The third kappa shape index (κ3) is 4.41. The van der Waals surface area contributed by atoms with E-state index in [1.54, 1.807) is 0 Å². The molecule has 24 heavy (non-hydrogen) atoms. The van der Waals surface area contributed by atoms with Gasteiger partial charge in [-0.3, -0.25) is 4.79 Å². The molecule has 0 aliphatic heterocycles. The maximum absolute atomic E-state index is 13.5. The van der Waals surface area contributed by atoms with Crippen molar-refractivity contribution in [3.63, 3.8) is 0 Å². The molecule has 0 radical (unpaired) electrons. The minimum absolute atomic E-state index is 0.0162. The van der Waals surface area contributed by atoms with Crippen LogP contribution in [0.3, 0.4) is 0 Å². The molecule has 0 heterocycles. The van der Waals surface area contributed by atoms with Gasteiger partial charge in [0.05, 0.1) is 0 Å². The van der Waals surface area contributed by atoms with Crippen LogP contribution >= 0.6 is 0 Å². The minimum Gasteiger partial charge on any atom is -0.289 e. The van der Waals surface area contributed by atoms with Crippen molar-refractivity contribution >= 4 is 5.78 Å². The van der Waals surface area contributed by atoms with Gasteiger partial charge in [0.2, 0.25) is 0 Å². The van der Waals surface area contributed by atoms with E-state index in [4.69, 9.17) is 0 Å². The van der Waals surface area contributed by atoms with E-state index in [1.807, 2.05) is 0 Å². The van der Waals surface area contributed by atoms with Crippen molar-refractivity contribution in [2.45, 2.75) is 95.9 Å². The number of carbonyl (C=O) groups is 1. The van der Waals surface area contributed by atoms with Crippen molar-refractivity contribution in [3.8, 4) is 0 Å². The van der Waals surface area contributed by atoms with E-state index in [0.717, 1.165) is 24.0 Å². The third-order valence-electron chi connectivity index (χ3n) is 4.78. The van der Waals surface area contributed by atoms with Gasteiger partial charge in [-0.1, -0.05) is 94.2 Å². The van der Waals surface area contributed by atoms with Gasteiger partial charge < -0.3 is 0 Å². The topological polar surface area (TPSA) is 17.1 Å². The highest BCUT2D eigenvalue weighted by Gasteiger charge is 2.40. The van der Waals surface area contributed by atoms with Crippen LogP contribution in [-0.2, 0) is 4.79 Å². The van der Waals surface area contributed by atoms with Crippen molar-refractivity contribution in [1.82, 2.24) is 0 Å². The number of hydrogen-bond acceptors (Lipinski definition) is 1. The summed E-state index contributed by atoms with van der Waals surface area (Å²) in [6.45, 7) is 26.9.